The lowest BCUT2D eigenvalue weighted by Crippen LogP contribution is -2.13. The van der Waals surface area contributed by atoms with Gasteiger partial charge in [0.15, 0.2) is 0 Å². The number of unbranched alkanes of at least 4 members (excludes halogenated alkanes) is 3. The molecule has 128 valence electrons. The van der Waals surface area contributed by atoms with Crippen LogP contribution in [0.25, 0.3) is 0 Å². The van der Waals surface area contributed by atoms with Crippen molar-refractivity contribution in [2.45, 2.75) is 83.5 Å². The van der Waals surface area contributed by atoms with Crippen LogP contribution >= 0.6 is 0 Å². The van der Waals surface area contributed by atoms with E-state index in [1.54, 1.807) is 6.08 Å². The van der Waals surface area contributed by atoms with Crippen molar-refractivity contribution in [3.63, 3.8) is 0 Å². The smallest absolute Gasteiger partial charge is 0.0827 e. The normalized spacial score (nSPS) is 21.8. The Kier molecular flexibility index (Phi) is 8.42. The molecule has 1 aromatic carbocycles. The van der Waals surface area contributed by atoms with Gasteiger partial charge >= 0.3 is 0 Å². The first kappa shape index (κ1) is 18.2. The zero-order chi connectivity index (χ0) is 16.3. The first-order valence-electron chi connectivity index (χ1n) is 9.67. The minimum Gasteiger partial charge on any atom is -0.216 e. The van der Waals surface area contributed by atoms with Gasteiger partial charge in [-0.2, -0.15) is 0 Å². The first-order chi connectivity index (χ1) is 11.3. The molecule has 0 N–H and O–H groups in total. The minimum absolute atomic E-state index is 0.648. The van der Waals surface area contributed by atoms with Crippen molar-refractivity contribution in [1.82, 2.24) is 0 Å². The Bertz CT molecular complexity index is 438. The molecule has 1 aromatic rings. The monoisotopic (exact) mass is 316 g/mol. The average Bonchev–Trinajstić information content (AvgIpc) is 2.60. The van der Waals surface area contributed by atoms with Crippen molar-refractivity contribution in [2.24, 2.45) is 5.92 Å². The predicted octanol–water partition coefficient (Wildman–Crippen LogP) is 7.35. The van der Waals surface area contributed by atoms with E-state index in [1.165, 1.54) is 68.9 Å². The van der Waals surface area contributed by atoms with Crippen LogP contribution in [-0.2, 0) is 6.42 Å². The number of aryl methyl sites for hydroxylation is 1. The summed E-state index contributed by atoms with van der Waals surface area (Å²) in [6.45, 7) is 2.29. The quantitative estimate of drug-likeness (QED) is 0.418. The van der Waals surface area contributed by atoms with E-state index < -0.39 is 0 Å². The fourth-order valence-electron chi connectivity index (χ4n) is 3.91. The second kappa shape index (κ2) is 10.6. The fourth-order valence-corrected chi connectivity index (χ4v) is 3.91. The molecular weight excluding hydrogens is 283 g/mol. The lowest BCUT2D eigenvalue weighted by atomic mass is 9.77. The minimum atomic E-state index is 0.648. The number of halogens is 1. The van der Waals surface area contributed by atoms with Gasteiger partial charge in [0.2, 0.25) is 0 Å². The lowest BCUT2D eigenvalue weighted by Gasteiger charge is -2.29. The number of benzene rings is 1. The summed E-state index contributed by atoms with van der Waals surface area (Å²) in [7, 11) is 0. The molecule has 1 fully saturated rings. The molecule has 0 aromatic heterocycles. The molecule has 1 heteroatoms. The van der Waals surface area contributed by atoms with E-state index in [4.69, 9.17) is 0 Å². The Morgan fingerprint density at radius 2 is 1.74 bits per heavy atom. The molecule has 1 aliphatic rings. The first-order valence-corrected chi connectivity index (χ1v) is 9.67. The van der Waals surface area contributed by atoms with Crippen molar-refractivity contribution in [3.05, 3.63) is 47.8 Å². The van der Waals surface area contributed by atoms with Gasteiger partial charge < -0.3 is 0 Å². The summed E-state index contributed by atoms with van der Waals surface area (Å²) in [4.78, 5) is 0. The highest BCUT2D eigenvalue weighted by atomic mass is 19.1. The number of hydrogen-bond donors (Lipinski definition) is 0. The van der Waals surface area contributed by atoms with Crippen molar-refractivity contribution in [3.8, 4) is 0 Å². The molecule has 23 heavy (non-hydrogen) atoms. The van der Waals surface area contributed by atoms with E-state index in [0.717, 1.165) is 24.7 Å². The van der Waals surface area contributed by atoms with Gasteiger partial charge in [-0.1, -0.05) is 69.4 Å². The maximum atomic E-state index is 12.0. The molecule has 0 radical (unpaired) electrons. The van der Waals surface area contributed by atoms with Gasteiger partial charge in [-0.05, 0) is 61.5 Å². The lowest BCUT2D eigenvalue weighted by molar-refractivity contribution is 0.302. The summed E-state index contributed by atoms with van der Waals surface area (Å²) in [6.07, 6.45) is 16.6. The van der Waals surface area contributed by atoms with E-state index >= 15 is 0 Å². The maximum Gasteiger partial charge on any atom is 0.0827 e. The molecule has 2 rings (SSSR count). The van der Waals surface area contributed by atoms with Crippen LogP contribution in [-0.4, -0.2) is 0 Å². The molecule has 0 bridgehead atoms. The molecule has 0 aliphatic heterocycles. The molecule has 0 spiro atoms. The van der Waals surface area contributed by atoms with Gasteiger partial charge in [0, 0.05) is 0 Å². The average molecular weight is 317 g/mol. The third-order valence-electron chi connectivity index (χ3n) is 5.45. The van der Waals surface area contributed by atoms with Crippen molar-refractivity contribution in [1.29, 1.82) is 0 Å². The van der Waals surface area contributed by atoms with Crippen molar-refractivity contribution < 1.29 is 4.39 Å². The second-order valence-corrected chi connectivity index (χ2v) is 7.21. The molecular formula is C22H33F. The summed E-state index contributed by atoms with van der Waals surface area (Å²) in [5.41, 5.74) is 2.83. The van der Waals surface area contributed by atoms with Gasteiger partial charge in [-0.25, -0.2) is 4.39 Å². The Morgan fingerprint density at radius 3 is 2.39 bits per heavy atom. The SMILES string of the molecule is CCCCCCC1CCC(c2ccc(CCC=CF)cc2)CC1. The van der Waals surface area contributed by atoms with Crippen LogP contribution in [0.3, 0.4) is 0 Å². The topological polar surface area (TPSA) is 0 Å². The predicted molar refractivity (Wildman–Crippen MR) is 98.5 cm³/mol. The highest BCUT2D eigenvalue weighted by Crippen LogP contribution is 2.37. The highest BCUT2D eigenvalue weighted by Gasteiger charge is 2.21. The van der Waals surface area contributed by atoms with Crippen LogP contribution in [0.4, 0.5) is 4.39 Å². The van der Waals surface area contributed by atoms with Gasteiger partial charge in [0.1, 0.15) is 0 Å². The molecule has 1 aliphatic carbocycles. The number of rotatable bonds is 9. The van der Waals surface area contributed by atoms with Crippen LogP contribution in [0.1, 0.15) is 88.2 Å². The van der Waals surface area contributed by atoms with E-state index in [9.17, 15) is 4.39 Å². The van der Waals surface area contributed by atoms with Crippen LogP contribution in [0.15, 0.2) is 36.7 Å². The van der Waals surface area contributed by atoms with Crippen molar-refractivity contribution >= 4 is 0 Å². The molecule has 0 unspecified atom stereocenters. The molecule has 0 atom stereocenters. The Labute approximate surface area is 142 Å². The van der Waals surface area contributed by atoms with E-state index in [2.05, 4.69) is 31.2 Å². The third kappa shape index (κ3) is 6.49. The molecule has 0 heterocycles. The van der Waals surface area contributed by atoms with Crippen LogP contribution < -0.4 is 0 Å². The number of allylic oxidation sites excluding steroid dienone is 1. The summed E-state index contributed by atoms with van der Waals surface area (Å²) in [6, 6.07) is 9.08. The summed E-state index contributed by atoms with van der Waals surface area (Å²) in [5, 5.41) is 0. The fraction of sp³-hybridized carbons (Fsp3) is 0.636. The largest absolute Gasteiger partial charge is 0.216 e. The molecule has 0 saturated heterocycles. The maximum absolute atomic E-state index is 12.0. The molecule has 0 amide bonds. The van der Waals surface area contributed by atoms with Crippen LogP contribution in [0.2, 0.25) is 0 Å². The Hall–Kier alpha value is -1.11. The van der Waals surface area contributed by atoms with Gasteiger partial charge in [0.05, 0.1) is 6.33 Å². The Morgan fingerprint density at radius 1 is 1.00 bits per heavy atom. The van der Waals surface area contributed by atoms with Gasteiger partial charge in [-0.3, -0.25) is 0 Å². The van der Waals surface area contributed by atoms with Crippen molar-refractivity contribution in [2.75, 3.05) is 0 Å². The van der Waals surface area contributed by atoms with Crippen LogP contribution in [0, 0.1) is 5.92 Å². The summed E-state index contributed by atoms with van der Waals surface area (Å²) >= 11 is 0. The van der Waals surface area contributed by atoms with E-state index in [0.29, 0.717) is 6.33 Å². The second-order valence-electron chi connectivity index (χ2n) is 7.21. The highest BCUT2D eigenvalue weighted by molar-refractivity contribution is 5.26. The molecule has 0 nitrogen and oxygen atoms in total. The molecule has 1 saturated carbocycles. The van der Waals surface area contributed by atoms with Gasteiger partial charge in [0.25, 0.3) is 0 Å². The zero-order valence-corrected chi connectivity index (χ0v) is 14.8. The van der Waals surface area contributed by atoms with E-state index in [-0.39, 0.29) is 0 Å². The summed E-state index contributed by atoms with van der Waals surface area (Å²) < 4.78 is 12.0. The standard InChI is InChI=1S/C22H33F/c1-2-3-4-5-8-19-10-14-21(15-11-19)22-16-12-20(13-17-22)9-6-7-18-23/h7,12-13,16-19,21H,2-6,8-11,14-15H2,1H3. The number of hydrogen-bond acceptors (Lipinski definition) is 0. The van der Waals surface area contributed by atoms with Gasteiger partial charge in [-0.15, -0.1) is 0 Å². The summed E-state index contributed by atoms with van der Waals surface area (Å²) in [5.74, 6) is 1.75. The third-order valence-corrected chi connectivity index (χ3v) is 5.45. The Balaban J connectivity index is 1.72. The van der Waals surface area contributed by atoms with E-state index in [1.807, 2.05) is 0 Å². The van der Waals surface area contributed by atoms with Crippen LogP contribution in [0.5, 0.6) is 0 Å². The zero-order valence-electron chi connectivity index (χ0n) is 14.8.